The zero-order chi connectivity index (χ0) is 20.1. The van der Waals surface area contributed by atoms with Gasteiger partial charge in [-0.05, 0) is 30.3 Å². The van der Waals surface area contributed by atoms with Gasteiger partial charge in [-0.25, -0.2) is 14.6 Å². The molecule has 0 bridgehead atoms. The van der Waals surface area contributed by atoms with Crippen molar-refractivity contribution >= 4 is 39.5 Å². The van der Waals surface area contributed by atoms with E-state index in [-0.39, 0.29) is 23.3 Å². The number of aryl methyl sites for hydroxylation is 1. The average molecular weight is 399 g/mol. The topological polar surface area (TPSA) is 91.8 Å². The first kappa shape index (κ1) is 19.5. The molecule has 0 amide bonds. The van der Waals surface area contributed by atoms with Gasteiger partial charge >= 0.3 is 17.9 Å². The summed E-state index contributed by atoms with van der Waals surface area (Å²) < 4.78 is 15.7. The van der Waals surface area contributed by atoms with Crippen molar-refractivity contribution < 1.29 is 28.6 Å². The molecule has 144 valence electrons. The number of carbonyl (C=O) groups excluding carboxylic acids is 3. The maximum absolute atomic E-state index is 12.2. The Kier molecular flexibility index (Phi) is 6.00. The van der Waals surface area contributed by atoms with Gasteiger partial charge in [-0.2, -0.15) is 0 Å². The Morgan fingerprint density at radius 1 is 0.964 bits per heavy atom. The fourth-order valence-corrected chi connectivity index (χ4v) is 3.51. The van der Waals surface area contributed by atoms with Crippen molar-refractivity contribution in [2.45, 2.75) is 12.8 Å². The van der Waals surface area contributed by atoms with Gasteiger partial charge in [0, 0.05) is 6.42 Å². The lowest BCUT2D eigenvalue weighted by Gasteiger charge is -2.08. The van der Waals surface area contributed by atoms with E-state index in [1.165, 1.54) is 43.8 Å². The van der Waals surface area contributed by atoms with Crippen LogP contribution < -0.4 is 4.74 Å². The Bertz CT molecular complexity index is 975. The molecule has 0 aliphatic carbocycles. The van der Waals surface area contributed by atoms with E-state index in [0.717, 1.165) is 15.2 Å². The summed E-state index contributed by atoms with van der Waals surface area (Å²) >= 11 is 1.52. The number of hydrogen-bond acceptors (Lipinski definition) is 8. The lowest BCUT2D eigenvalue weighted by Crippen LogP contribution is -2.12. The fraction of sp³-hybridized carbons (Fsp3) is 0.200. The van der Waals surface area contributed by atoms with Gasteiger partial charge in [0.1, 0.15) is 5.75 Å². The average Bonchev–Trinajstić information content (AvgIpc) is 3.13. The highest BCUT2D eigenvalue weighted by molar-refractivity contribution is 7.18. The van der Waals surface area contributed by atoms with Gasteiger partial charge in [0.15, 0.2) is 0 Å². The SMILES string of the molecule is COC(=O)c1cc(OC(=O)CCc2nc3ccccc3s2)cc(C(=O)OC)c1. The van der Waals surface area contributed by atoms with Crippen molar-refractivity contribution in [2.24, 2.45) is 0 Å². The molecule has 2 aromatic carbocycles. The van der Waals surface area contributed by atoms with Crippen LogP contribution in [0.4, 0.5) is 0 Å². The van der Waals surface area contributed by atoms with Crippen LogP contribution in [-0.4, -0.2) is 37.1 Å². The van der Waals surface area contributed by atoms with Crippen LogP contribution in [0.2, 0.25) is 0 Å². The molecule has 3 rings (SSSR count). The first-order valence-electron chi connectivity index (χ1n) is 8.37. The highest BCUT2D eigenvalue weighted by Crippen LogP contribution is 2.23. The smallest absolute Gasteiger partial charge is 0.338 e. The number of thiazole rings is 1. The molecule has 1 aromatic heterocycles. The van der Waals surface area contributed by atoms with Crippen molar-refractivity contribution in [3.8, 4) is 5.75 Å². The lowest BCUT2D eigenvalue weighted by molar-refractivity contribution is -0.134. The molecule has 0 saturated carbocycles. The van der Waals surface area contributed by atoms with Crippen molar-refractivity contribution in [1.29, 1.82) is 0 Å². The molecular weight excluding hydrogens is 382 g/mol. The summed E-state index contributed by atoms with van der Waals surface area (Å²) in [6.07, 6.45) is 0.536. The van der Waals surface area contributed by atoms with Crippen molar-refractivity contribution in [3.05, 3.63) is 58.6 Å². The van der Waals surface area contributed by atoms with E-state index >= 15 is 0 Å². The van der Waals surface area contributed by atoms with Crippen LogP contribution in [0, 0.1) is 0 Å². The molecule has 8 heteroatoms. The number of fused-ring (bicyclic) bond motifs is 1. The Morgan fingerprint density at radius 2 is 1.61 bits per heavy atom. The molecule has 0 fully saturated rings. The van der Waals surface area contributed by atoms with Crippen LogP contribution in [0.25, 0.3) is 10.2 Å². The molecule has 0 aliphatic rings. The molecule has 0 radical (unpaired) electrons. The maximum atomic E-state index is 12.2. The van der Waals surface area contributed by atoms with Crippen LogP contribution in [0.1, 0.15) is 32.1 Å². The third kappa shape index (κ3) is 4.52. The third-order valence-electron chi connectivity index (χ3n) is 3.86. The molecule has 3 aromatic rings. The molecule has 28 heavy (non-hydrogen) atoms. The monoisotopic (exact) mass is 399 g/mol. The Morgan fingerprint density at radius 3 is 2.21 bits per heavy atom. The van der Waals surface area contributed by atoms with Gasteiger partial charge in [-0.3, -0.25) is 4.79 Å². The zero-order valence-corrected chi connectivity index (χ0v) is 16.1. The predicted octanol–water partition coefficient (Wildman–Crippen LogP) is 3.41. The minimum absolute atomic E-state index is 0.0672. The van der Waals surface area contributed by atoms with Crippen LogP contribution in [0.5, 0.6) is 5.75 Å². The van der Waals surface area contributed by atoms with Crippen LogP contribution in [-0.2, 0) is 20.7 Å². The van der Waals surface area contributed by atoms with E-state index in [2.05, 4.69) is 14.5 Å². The van der Waals surface area contributed by atoms with Crippen LogP contribution in [0.3, 0.4) is 0 Å². The zero-order valence-electron chi connectivity index (χ0n) is 15.3. The summed E-state index contributed by atoms with van der Waals surface area (Å²) in [6, 6.07) is 11.7. The van der Waals surface area contributed by atoms with Gasteiger partial charge in [-0.15, -0.1) is 11.3 Å². The predicted molar refractivity (Wildman–Crippen MR) is 103 cm³/mol. The minimum Gasteiger partial charge on any atom is -0.465 e. The van der Waals surface area contributed by atoms with Gasteiger partial charge in [-0.1, -0.05) is 12.1 Å². The first-order chi connectivity index (χ1) is 13.5. The molecule has 0 saturated heterocycles. The second kappa shape index (κ2) is 8.62. The van der Waals surface area contributed by atoms with Crippen LogP contribution >= 0.6 is 11.3 Å². The van der Waals surface area contributed by atoms with E-state index in [0.29, 0.717) is 6.42 Å². The summed E-state index contributed by atoms with van der Waals surface area (Å²) in [5, 5.41) is 0.830. The fourth-order valence-electron chi connectivity index (χ4n) is 2.55. The lowest BCUT2D eigenvalue weighted by atomic mass is 10.1. The Labute approximate surface area is 164 Å². The van der Waals surface area contributed by atoms with Gasteiger partial charge in [0.25, 0.3) is 0 Å². The number of carbonyl (C=O) groups is 3. The molecule has 0 N–H and O–H groups in total. The maximum Gasteiger partial charge on any atom is 0.338 e. The molecule has 0 aliphatic heterocycles. The normalized spacial score (nSPS) is 10.5. The number of ether oxygens (including phenoxy) is 3. The number of nitrogens with zero attached hydrogens (tertiary/aromatic N) is 1. The molecule has 1 heterocycles. The minimum atomic E-state index is -0.655. The largest absolute Gasteiger partial charge is 0.465 e. The number of aromatic nitrogens is 1. The van der Waals surface area contributed by atoms with Crippen LogP contribution in [0.15, 0.2) is 42.5 Å². The van der Waals surface area contributed by atoms with Gasteiger partial charge < -0.3 is 14.2 Å². The van der Waals surface area contributed by atoms with E-state index < -0.39 is 17.9 Å². The van der Waals surface area contributed by atoms with Crippen molar-refractivity contribution in [1.82, 2.24) is 4.98 Å². The summed E-state index contributed by atoms with van der Waals surface area (Å²) in [4.78, 5) is 40.3. The number of para-hydroxylation sites is 1. The summed E-state index contributed by atoms with van der Waals surface area (Å²) in [6.45, 7) is 0. The Hall–Kier alpha value is -3.26. The molecule has 7 nitrogen and oxygen atoms in total. The van der Waals surface area contributed by atoms with Crippen molar-refractivity contribution in [2.75, 3.05) is 14.2 Å². The highest BCUT2D eigenvalue weighted by Gasteiger charge is 2.16. The van der Waals surface area contributed by atoms with E-state index in [4.69, 9.17) is 4.74 Å². The molecule has 0 spiro atoms. The molecular formula is C20H17NO6S. The second-order valence-corrected chi connectivity index (χ2v) is 6.89. The summed E-state index contributed by atoms with van der Waals surface area (Å²) in [5.41, 5.74) is 1.06. The number of benzene rings is 2. The van der Waals surface area contributed by atoms with E-state index in [9.17, 15) is 14.4 Å². The van der Waals surface area contributed by atoms with Crippen molar-refractivity contribution in [3.63, 3.8) is 0 Å². The Balaban J connectivity index is 1.71. The van der Waals surface area contributed by atoms with Gasteiger partial charge in [0.05, 0.1) is 47.0 Å². The quantitative estimate of drug-likeness (QED) is 0.463. The van der Waals surface area contributed by atoms with Gasteiger partial charge in [0.2, 0.25) is 0 Å². The second-order valence-electron chi connectivity index (χ2n) is 5.78. The molecule has 0 atom stereocenters. The molecule has 0 unspecified atom stereocenters. The third-order valence-corrected chi connectivity index (χ3v) is 4.96. The standard InChI is InChI=1S/C20H17NO6S/c1-25-19(23)12-9-13(20(24)26-2)11-14(10-12)27-18(22)8-7-17-21-15-5-3-4-6-16(15)28-17/h3-6,9-11H,7-8H2,1-2H3. The first-order valence-corrected chi connectivity index (χ1v) is 9.18. The highest BCUT2D eigenvalue weighted by atomic mass is 32.1. The number of esters is 3. The number of hydrogen-bond donors (Lipinski definition) is 0. The summed E-state index contributed by atoms with van der Waals surface area (Å²) in [7, 11) is 2.44. The number of rotatable bonds is 6. The summed E-state index contributed by atoms with van der Waals surface area (Å²) in [5.74, 6) is -1.75. The van der Waals surface area contributed by atoms with E-state index in [1.54, 1.807) is 0 Å². The van der Waals surface area contributed by atoms with E-state index in [1.807, 2.05) is 24.3 Å². The number of methoxy groups -OCH3 is 2.